The zero-order valence-corrected chi connectivity index (χ0v) is 6.57. The van der Waals surface area contributed by atoms with Crippen LogP contribution in [0, 0.1) is 6.92 Å². The highest BCUT2D eigenvalue weighted by Crippen LogP contribution is 2.15. The molecular weight excluding hydrogens is 134 g/mol. The Bertz CT molecular complexity index is 194. The number of aryl methyl sites for hydroxylation is 1. The molecular formula is C5H9N3S. The van der Waals surface area contributed by atoms with Gasteiger partial charge >= 0.3 is 0 Å². The van der Waals surface area contributed by atoms with Gasteiger partial charge in [-0.1, -0.05) is 11.3 Å². The number of rotatable bonds is 1. The van der Waals surface area contributed by atoms with Crippen molar-refractivity contribution in [3.05, 3.63) is 5.01 Å². The van der Waals surface area contributed by atoms with Crippen molar-refractivity contribution in [1.82, 2.24) is 10.2 Å². The second-order valence-electron chi connectivity index (χ2n) is 2.00. The summed E-state index contributed by atoms with van der Waals surface area (Å²) in [5.74, 6) is 0. The van der Waals surface area contributed by atoms with Crippen molar-refractivity contribution in [3.63, 3.8) is 0 Å². The molecule has 0 aliphatic carbocycles. The van der Waals surface area contributed by atoms with Crippen LogP contribution in [0.2, 0.25) is 0 Å². The van der Waals surface area contributed by atoms with Crippen LogP contribution in [0.1, 0.15) is 5.01 Å². The van der Waals surface area contributed by atoms with Crippen LogP contribution < -0.4 is 4.90 Å². The number of aromatic nitrogens is 2. The Morgan fingerprint density at radius 3 is 2.22 bits per heavy atom. The lowest BCUT2D eigenvalue weighted by Crippen LogP contribution is -2.07. The van der Waals surface area contributed by atoms with Gasteiger partial charge in [-0.2, -0.15) is 0 Å². The molecule has 1 aromatic heterocycles. The maximum atomic E-state index is 3.91. The summed E-state index contributed by atoms with van der Waals surface area (Å²) in [7, 11) is 3.92. The van der Waals surface area contributed by atoms with Crippen molar-refractivity contribution >= 4 is 16.5 Å². The summed E-state index contributed by atoms with van der Waals surface area (Å²) >= 11 is 1.60. The molecule has 0 fully saturated rings. The summed E-state index contributed by atoms with van der Waals surface area (Å²) in [6.45, 7) is 1.95. The third kappa shape index (κ3) is 1.38. The predicted molar refractivity (Wildman–Crippen MR) is 39.0 cm³/mol. The van der Waals surface area contributed by atoms with Gasteiger partial charge < -0.3 is 4.90 Å². The van der Waals surface area contributed by atoms with Gasteiger partial charge in [0.15, 0.2) is 0 Å². The fourth-order valence-electron chi connectivity index (χ4n) is 0.467. The van der Waals surface area contributed by atoms with E-state index in [-0.39, 0.29) is 0 Å². The first-order valence-corrected chi connectivity index (χ1v) is 3.49. The molecule has 1 heterocycles. The normalized spacial score (nSPS) is 9.67. The van der Waals surface area contributed by atoms with Gasteiger partial charge in [-0.15, -0.1) is 10.2 Å². The molecule has 0 aromatic carbocycles. The third-order valence-corrected chi connectivity index (χ3v) is 1.90. The molecule has 9 heavy (non-hydrogen) atoms. The van der Waals surface area contributed by atoms with E-state index in [0.29, 0.717) is 0 Å². The molecule has 0 spiro atoms. The smallest absolute Gasteiger partial charge is 0.207 e. The van der Waals surface area contributed by atoms with Gasteiger partial charge in [0, 0.05) is 14.1 Å². The summed E-state index contributed by atoms with van der Waals surface area (Å²) < 4.78 is 0. The average molecular weight is 143 g/mol. The first kappa shape index (κ1) is 6.48. The summed E-state index contributed by atoms with van der Waals surface area (Å²) in [6, 6.07) is 0. The van der Waals surface area contributed by atoms with Crippen LogP contribution in [0.4, 0.5) is 5.13 Å². The van der Waals surface area contributed by atoms with E-state index in [1.165, 1.54) is 0 Å². The molecule has 0 atom stereocenters. The van der Waals surface area contributed by atoms with E-state index in [0.717, 1.165) is 10.1 Å². The van der Waals surface area contributed by atoms with E-state index < -0.39 is 0 Å². The number of nitrogens with zero attached hydrogens (tertiary/aromatic N) is 3. The maximum Gasteiger partial charge on any atom is 0.207 e. The SMILES string of the molecule is Cc1nnc(N(C)C)s1. The van der Waals surface area contributed by atoms with Gasteiger partial charge in [0.25, 0.3) is 0 Å². The minimum Gasteiger partial charge on any atom is -0.353 e. The molecule has 0 aliphatic rings. The van der Waals surface area contributed by atoms with Gasteiger partial charge in [0.2, 0.25) is 5.13 Å². The van der Waals surface area contributed by atoms with E-state index >= 15 is 0 Å². The molecule has 0 bridgehead atoms. The zero-order valence-electron chi connectivity index (χ0n) is 5.75. The highest BCUT2D eigenvalue weighted by Gasteiger charge is 1.99. The van der Waals surface area contributed by atoms with Crippen molar-refractivity contribution < 1.29 is 0 Å². The molecule has 1 rings (SSSR count). The Hall–Kier alpha value is -0.640. The first-order chi connectivity index (χ1) is 4.20. The molecule has 0 N–H and O–H groups in total. The topological polar surface area (TPSA) is 29.0 Å². The average Bonchev–Trinajstić information content (AvgIpc) is 2.14. The van der Waals surface area contributed by atoms with E-state index in [2.05, 4.69) is 10.2 Å². The molecule has 1 aromatic rings. The van der Waals surface area contributed by atoms with Crippen LogP contribution >= 0.6 is 11.3 Å². The second-order valence-corrected chi connectivity index (χ2v) is 3.16. The number of anilines is 1. The summed E-state index contributed by atoms with van der Waals surface area (Å²) in [5, 5.41) is 9.75. The van der Waals surface area contributed by atoms with Crippen LogP contribution in [0.5, 0.6) is 0 Å². The maximum absolute atomic E-state index is 3.91. The van der Waals surface area contributed by atoms with Crippen molar-refractivity contribution in [3.8, 4) is 0 Å². The molecule has 0 amide bonds. The van der Waals surface area contributed by atoms with Crippen LogP contribution in [0.15, 0.2) is 0 Å². The molecule has 0 unspecified atom stereocenters. The molecule has 4 heteroatoms. The quantitative estimate of drug-likeness (QED) is 0.585. The Balaban J connectivity index is 2.85. The van der Waals surface area contributed by atoms with E-state index in [1.807, 2.05) is 25.9 Å². The lowest BCUT2D eigenvalue weighted by molar-refractivity contribution is 0.997. The molecule has 3 nitrogen and oxygen atoms in total. The number of hydrogen-bond donors (Lipinski definition) is 0. The summed E-state index contributed by atoms with van der Waals surface area (Å²) in [4.78, 5) is 1.95. The van der Waals surface area contributed by atoms with E-state index in [4.69, 9.17) is 0 Å². The standard InChI is InChI=1S/C5H9N3S/c1-4-6-7-5(9-4)8(2)3/h1-3H3. The zero-order chi connectivity index (χ0) is 6.85. The second kappa shape index (κ2) is 2.31. The van der Waals surface area contributed by atoms with Gasteiger partial charge in [-0.3, -0.25) is 0 Å². The van der Waals surface area contributed by atoms with Gasteiger partial charge in [0.1, 0.15) is 5.01 Å². The van der Waals surface area contributed by atoms with E-state index in [1.54, 1.807) is 11.3 Å². The van der Waals surface area contributed by atoms with E-state index in [9.17, 15) is 0 Å². The fourth-order valence-corrected chi connectivity index (χ4v) is 1.08. The Morgan fingerprint density at radius 1 is 1.33 bits per heavy atom. The minimum atomic E-state index is 0.965. The molecule has 0 aliphatic heterocycles. The summed E-state index contributed by atoms with van der Waals surface area (Å²) in [5.41, 5.74) is 0. The van der Waals surface area contributed by atoms with Crippen molar-refractivity contribution in [2.24, 2.45) is 0 Å². The predicted octanol–water partition coefficient (Wildman–Crippen LogP) is 0.913. The van der Waals surface area contributed by atoms with Gasteiger partial charge in [-0.05, 0) is 6.92 Å². The fraction of sp³-hybridized carbons (Fsp3) is 0.600. The lowest BCUT2D eigenvalue weighted by atomic mass is 10.9. The Morgan fingerprint density at radius 2 is 2.00 bits per heavy atom. The Kier molecular flexibility index (Phi) is 1.66. The van der Waals surface area contributed by atoms with Gasteiger partial charge in [0.05, 0.1) is 0 Å². The van der Waals surface area contributed by atoms with Crippen molar-refractivity contribution in [2.45, 2.75) is 6.92 Å². The summed E-state index contributed by atoms with van der Waals surface area (Å²) in [6.07, 6.45) is 0. The van der Waals surface area contributed by atoms with Crippen LogP contribution in [0.3, 0.4) is 0 Å². The highest BCUT2D eigenvalue weighted by molar-refractivity contribution is 7.15. The Labute approximate surface area is 58.3 Å². The third-order valence-electron chi connectivity index (χ3n) is 0.898. The van der Waals surface area contributed by atoms with Gasteiger partial charge in [-0.25, -0.2) is 0 Å². The van der Waals surface area contributed by atoms with Crippen molar-refractivity contribution in [2.75, 3.05) is 19.0 Å². The largest absolute Gasteiger partial charge is 0.353 e. The highest BCUT2D eigenvalue weighted by atomic mass is 32.1. The molecule has 50 valence electrons. The molecule has 0 radical (unpaired) electrons. The molecule has 0 saturated carbocycles. The minimum absolute atomic E-state index is 0.965. The van der Waals surface area contributed by atoms with Crippen LogP contribution in [-0.2, 0) is 0 Å². The first-order valence-electron chi connectivity index (χ1n) is 2.67. The van der Waals surface area contributed by atoms with Crippen LogP contribution in [0.25, 0.3) is 0 Å². The van der Waals surface area contributed by atoms with Crippen LogP contribution in [-0.4, -0.2) is 24.3 Å². The van der Waals surface area contributed by atoms with Crippen molar-refractivity contribution in [1.29, 1.82) is 0 Å². The monoisotopic (exact) mass is 143 g/mol. The number of hydrogen-bond acceptors (Lipinski definition) is 4. The lowest BCUT2D eigenvalue weighted by Gasteiger charge is -2.03. The molecule has 0 saturated heterocycles.